The van der Waals surface area contributed by atoms with Crippen LogP contribution >= 0.6 is 0 Å². The molecule has 1 atom stereocenters. The number of carbonyl (C=O) groups excluding carboxylic acids is 2. The molecule has 4 N–H and O–H groups in total. The van der Waals surface area contributed by atoms with Crippen LogP contribution in [-0.4, -0.2) is 38.1 Å². The first kappa shape index (κ1) is 20.6. The molecular weight excluding hydrogens is 336 g/mol. The molecule has 2 amide bonds. The molecule has 9 heteroatoms. The summed E-state index contributed by atoms with van der Waals surface area (Å²) in [6, 6.07) is 3.72. The first-order chi connectivity index (χ1) is 11.7. The predicted octanol–water partition coefficient (Wildman–Crippen LogP) is 1.01. The number of benzene rings is 1. The van der Waals surface area contributed by atoms with Crippen LogP contribution in [0.1, 0.15) is 19.4 Å². The van der Waals surface area contributed by atoms with E-state index in [1.165, 1.54) is 19.2 Å². The maximum absolute atomic E-state index is 12.4. The van der Waals surface area contributed by atoms with Gasteiger partial charge in [-0.15, -0.1) is 0 Å². The van der Waals surface area contributed by atoms with Gasteiger partial charge in [-0.1, -0.05) is 19.9 Å². The maximum Gasteiger partial charge on any atom is 0.387 e. The number of methoxy groups -OCH3 is 1. The number of nitrogens with one attached hydrogen (secondary N) is 2. The van der Waals surface area contributed by atoms with Crippen LogP contribution in [0.5, 0.6) is 11.5 Å². The summed E-state index contributed by atoms with van der Waals surface area (Å²) in [5, 5.41) is 5.00. The molecule has 0 aliphatic rings. The number of halogens is 2. The zero-order valence-corrected chi connectivity index (χ0v) is 14.3. The fourth-order valence-corrected chi connectivity index (χ4v) is 1.87. The summed E-state index contributed by atoms with van der Waals surface area (Å²) in [5.41, 5.74) is 6.20. The van der Waals surface area contributed by atoms with E-state index in [0.29, 0.717) is 5.56 Å². The van der Waals surface area contributed by atoms with Gasteiger partial charge in [0.1, 0.15) is 0 Å². The Bertz CT molecular complexity index is 597. The third-order valence-corrected chi connectivity index (χ3v) is 3.38. The number of carbonyl (C=O) groups is 2. The van der Waals surface area contributed by atoms with E-state index in [-0.39, 0.29) is 30.5 Å². The number of rotatable bonds is 9. The van der Waals surface area contributed by atoms with Crippen LogP contribution in [0.2, 0.25) is 0 Å². The third-order valence-electron chi connectivity index (χ3n) is 3.38. The largest absolute Gasteiger partial charge is 0.493 e. The Morgan fingerprint density at radius 1 is 1.20 bits per heavy atom. The number of amides is 2. The second-order valence-corrected chi connectivity index (χ2v) is 5.63. The molecule has 0 heterocycles. The smallest absolute Gasteiger partial charge is 0.387 e. The van der Waals surface area contributed by atoms with Gasteiger partial charge >= 0.3 is 6.61 Å². The van der Waals surface area contributed by atoms with Gasteiger partial charge in [-0.2, -0.15) is 8.78 Å². The minimum atomic E-state index is -2.99. The molecule has 0 saturated heterocycles. The minimum absolute atomic E-state index is 0.0457. The number of hydrogen-bond acceptors (Lipinski definition) is 5. The second kappa shape index (κ2) is 9.77. The Morgan fingerprint density at radius 3 is 2.44 bits per heavy atom. The van der Waals surface area contributed by atoms with Crippen LogP contribution in [0, 0.1) is 5.92 Å². The minimum Gasteiger partial charge on any atom is -0.493 e. The van der Waals surface area contributed by atoms with E-state index < -0.39 is 24.5 Å². The zero-order chi connectivity index (χ0) is 19.0. The van der Waals surface area contributed by atoms with E-state index >= 15 is 0 Å². The summed E-state index contributed by atoms with van der Waals surface area (Å²) in [5.74, 6) is -0.861. The van der Waals surface area contributed by atoms with Gasteiger partial charge in [-0.25, -0.2) is 0 Å². The summed E-state index contributed by atoms with van der Waals surface area (Å²) in [4.78, 5) is 23.4. The van der Waals surface area contributed by atoms with Crippen molar-refractivity contribution in [3.05, 3.63) is 23.8 Å². The van der Waals surface area contributed by atoms with E-state index in [2.05, 4.69) is 15.4 Å². The van der Waals surface area contributed by atoms with Crippen molar-refractivity contribution in [3.8, 4) is 11.5 Å². The second-order valence-electron chi connectivity index (χ2n) is 5.63. The van der Waals surface area contributed by atoms with Gasteiger partial charge in [0.2, 0.25) is 11.8 Å². The van der Waals surface area contributed by atoms with Crippen LogP contribution in [-0.2, 0) is 16.1 Å². The van der Waals surface area contributed by atoms with Crippen LogP contribution in [0.25, 0.3) is 0 Å². The highest BCUT2D eigenvalue weighted by Crippen LogP contribution is 2.29. The molecule has 0 spiro atoms. The van der Waals surface area contributed by atoms with E-state index in [4.69, 9.17) is 10.5 Å². The number of ether oxygens (including phenoxy) is 2. The number of hydrogen-bond donors (Lipinski definition) is 3. The van der Waals surface area contributed by atoms with Gasteiger partial charge in [0.25, 0.3) is 0 Å². The summed E-state index contributed by atoms with van der Waals surface area (Å²) < 4.78 is 34.1. The molecule has 1 aromatic rings. The molecule has 1 rings (SSSR count). The van der Waals surface area contributed by atoms with Gasteiger partial charge in [0.05, 0.1) is 19.7 Å². The Morgan fingerprint density at radius 2 is 1.88 bits per heavy atom. The lowest BCUT2D eigenvalue weighted by Gasteiger charge is -2.15. The molecule has 0 aromatic heterocycles. The maximum atomic E-state index is 12.4. The van der Waals surface area contributed by atoms with Crippen molar-refractivity contribution < 1.29 is 27.8 Å². The lowest BCUT2D eigenvalue weighted by molar-refractivity contribution is -0.127. The van der Waals surface area contributed by atoms with Gasteiger partial charge in [0, 0.05) is 6.54 Å². The Kier molecular flexibility index (Phi) is 8.06. The lowest BCUT2D eigenvalue weighted by atomic mass is 10.1. The molecule has 0 radical (unpaired) electrons. The van der Waals surface area contributed by atoms with E-state index in [1.807, 2.05) is 0 Å². The van der Waals surface area contributed by atoms with Crippen LogP contribution in [0.3, 0.4) is 0 Å². The number of alkyl halides is 2. The summed E-state index contributed by atoms with van der Waals surface area (Å²) >= 11 is 0. The van der Waals surface area contributed by atoms with Crippen LogP contribution < -0.4 is 25.8 Å². The first-order valence-corrected chi connectivity index (χ1v) is 7.66. The molecule has 0 bridgehead atoms. The van der Waals surface area contributed by atoms with E-state index in [9.17, 15) is 18.4 Å². The highest BCUT2D eigenvalue weighted by atomic mass is 19.3. The lowest BCUT2D eigenvalue weighted by Crippen LogP contribution is -2.47. The van der Waals surface area contributed by atoms with Crippen molar-refractivity contribution in [2.24, 2.45) is 11.7 Å². The van der Waals surface area contributed by atoms with Crippen LogP contribution in [0.4, 0.5) is 8.78 Å². The van der Waals surface area contributed by atoms with Crippen molar-refractivity contribution in [1.29, 1.82) is 0 Å². The standard InChI is InChI=1S/C16H23F2N3O4/c1-9(2)14(19)15(23)21-8-13(22)20-7-10-4-5-11(24-3)12(6-10)25-16(17)18/h4-6,9,14,16H,7-8,19H2,1-3H3,(H,20,22)(H,21,23)/t14-/m0/s1. The van der Waals surface area contributed by atoms with E-state index in [0.717, 1.165) is 0 Å². The van der Waals surface area contributed by atoms with Crippen molar-refractivity contribution in [1.82, 2.24) is 10.6 Å². The topological polar surface area (TPSA) is 103 Å². The van der Waals surface area contributed by atoms with Crippen LogP contribution in [0.15, 0.2) is 18.2 Å². The van der Waals surface area contributed by atoms with Crippen molar-refractivity contribution in [2.45, 2.75) is 33.0 Å². The zero-order valence-electron chi connectivity index (χ0n) is 14.3. The molecule has 140 valence electrons. The monoisotopic (exact) mass is 359 g/mol. The Labute approximate surface area is 144 Å². The highest BCUT2D eigenvalue weighted by Gasteiger charge is 2.17. The molecule has 1 aromatic carbocycles. The molecule has 0 aliphatic carbocycles. The fraction of sp³-hybridized carbons (Fsp3) is 0.500. The van der Waals surface area contributed by atoms with Crippen molar-refractivity contribution in [2.75, 3.05) is 13.7 Å². The molecule has 0 fully saturated rings. The molecule has 25 heavy (non-hydrogen) atoms. The van der Waals surface area contributed by atoms with Gasteiger partial charge in [-0.05, 0) is 23.6 Å². The molecule has 0 saturated carbocycles. The van der Waals surface area contributed by atoms with Gasteiger partial charge in [-0.3, -0.25) is 9.59 Å². The third kappa shape index (κ3) is 6.92. The van der Waals surface area contributed by atoms with Crippen molar-refractivity contribution >= 4 is 11.8 Å². The highest BCUT2D eigenvalue weighted by molar-refractivity contribution is 5.87. The molecule has 0 aliphatic heterocycles. The van der Waals surface area contributed by atoms with Gasteiger partial charge < -0.3 is 25.8 Å². The average molecular weight is 359 g/mol. The SMILES string of the molecule is COc1ccc(CNC(=O)CNC(=O)[C@@H](N)C(C)C)cc1OC(F)F. The fourth-order valence-electron chi connectivity index (χ4n) is 1.87. The molecule has 0 unspecified atom stereocenters. The normalized spacial score (nSPS) is 12.0. The number of nitrogens with two attached hydrogens (primary N) is 1. The van der Waals surface area contributed by atoms with E-state index in [1.54, 1.807) is 19.9 Å². The van der Waals surface area contributed by atoms with Gasteiger partial charge in [0.15, 0.2) is 11.5 Å². The molecular formula is C16H23F2N3O4. The summed E-state index contributed by atoms with van der Waals surface area (Å²) in [7, 11) is 1.33. The summed E-state index contributed by atoms with van der Waals surface area (Å²) in [6.45, 7) is 0.462. The molecule has 7 nitrogen and oxygen atoms in total. The first-order valence-electron chi connectivity index (χ1n) is 7.66. The Hall–Kier alpha value is -2.42. The average Bonchev–Trinajstić information content (AvgIpc) is 2.56. The predicted molar refractivity (Wildman–Crippen MR) is 87.3 cm³/mol. The quantitative estimate of drug-likeness (QED) is 0.611. The van der Waals surface area contributed by atoms with Crippen molar-refractivity contribution in [3.63, 3.8) is 0 Å². The Balaban J connectivity index is 2.54. The summed E-state index contributed by atoms with van der Waals surface area (Å²) in [6.07, 6.45) is 0.